The Morgan fingerprint density at radius 1 is 1.00 bits per heavy atom. The largest absolute Gasteiger partial charge is 0.426 e. The summed E-state index contributed by atoms with van der Waals surface area (Å²) in [5, 5.41) is 0. The monoisotopic (exact) mass is 320 g/mol. The van der Waals surface area contributed by atoms with Gasteiger partial charge in [-0.25, -0.2) is 0 Å². The van der Waals surface area contributed by atoms with Gasteiger partial charge in [-0.3, -0.25) is 9.59 Å². The molecule has 1 saturated carbocycles. The summed E-state index contributed by atoms with van der Waals surface area (Å²) in [6.45, 7) is 0. The third-order valence-corrected chi connectivity index (χ3v) is 5.44. The summed E-state index contributed by atoms with van der Waals surface area (Å²) < 4.78 is 5.63. The fourth-order valence-corrected chi connectivity index (χ4v) is 4.29. The van der Waals surface area contributed by atoms with Crippen LogP contribution in [0.4, 0.5) is 0 Å². The first kappa shape index (κ1) is 15.1. The van der Waals surface area contributed by atoms with Gasteiger partial charge in [0.15, 0.2) is 0 Å². The Morgan fingerprint density at radius 3 is 2.54 bits per heavy atom. The van der Waals surface area contributed by atoms with Crippen LogP contribution in [0.5, 0.6) is 5.75 Å². The number of benzene rings is 2. The lowest BCUT2D eigenvalue weighted by molar-refractivity contribution is -0.141. The van der Waals surface area contributed by atoms with E-state index in [2.05, 4.69) is 0 Å². The van der Waals surface area contributed by atoms with Crippen molar-refractivity contribution in [3.05, 3.63) is 65.7 Å². The minimum Gasteiger partial charge on any atom is -0.426 e. The third-order valence-electron chi connectivity index (χ3n) is 5.44. The summed E-state index contributed by atoms with van der Waals surface area (Å²) >= 11 is 0. The molecule has 1 aliphatic heterocycles. The molecule has 2 aromatic carbocycles. The van der Waals surface area contributed by atoms with Crippen molar-refractivity contribution in [3.8, 4) is 5.75 Å². The first-order valence-corrected chi connectivity index (χ1v) is 8.57. The molecule has 1 fully saturated rings. The van der Waals surface area contributed by atoms with Crippen molar-refractivity contribution in [2.45, 2.75) is 37.5 Å². The summed E-state index contributed by atoms with van der Waals surface area (Å²) in [7, 11) is 0. The number of carbonyl (C=O) groups excluding carboxylic acids is 2. The molecule has 3 nitrogen and oxygen atoms in total. The molecule has 0 unspecified atom stereocenters. The van der Waals surface area contributed by atoms with Crippen LogP contribution in [0, 0.1) is 5.92 Å². The van der Waals surface area contributed by atoms with E-state index >= 15 is 0 Å². The van der Waals surface area contributed by atoms with Crippen LogP contribution < -0.4 is 4.74 Å². The van der Waals surface area contributed by atoms with E-state index in [1.165, 1.54) is 0 Å². The van der Waals surface area contributed by atoms with Gasteiger partial charge in [-0.2, -0.15) is 0 Å². The highest BCUT2D eigenvalue weighted by Gasteiger charge is 2.54. The number of hydrogen-bond donors (Lipinski definition) is 0. The highest BCUT2D eigenvalue weighted by Crippen LogP contribution is 2.50. The lowest BCUT2D eigenvalue weighted by Crippen LogP contribution is -2.45. The maximum Gasteiger partial charge on any atom is 0.322 e. The van der Waals surface area contributed by atoms with Crippen molar-refractivity contribution in [1.82, 2.24) is 0 Å². The predicted octanol–water partition coefficient (Wildman–Crippen LogP) is 3.85. The first-order valence-electron chi connectivity index (χ1n) is 8.57. The van der Waals surface area contributed by atoms with Crippen LogP contribution in [0.15, 0.2) is 54.6 Å². The average molecular weight is 320 g/mol. The molecule has 0 saturated heterocycles. The SMILES string of the molecule is O=C1CCC[C@H]([C@@]2(Cc3ccccc3)C(=O)Oc3ccccc32)C1. The van der Waals surface area contributed by atoms with Crippen LogP contribution in [0.25, 0.3) is 0 Å². The van der Waals surface area contributed by atoms with Gasteiger partial charge in [0.25, 0.3) is 0 Å². The fraction of sp³-hybridized carbons (Fsp3) is 0.333. The molecule has 0 amide bonds. The maximum absolute atomic E-state index is 13.0. The number of hydrogen-bond acceptors (Lipinski definition) is 3. The number of fused-ring (bicyclic) bond motifs is 1. The molecule has 3 heteroatoms. The van der Waals surface area contributed by atoms with Gasteiger partial charge in [-0.1, -0.05) is 48.5 Å². The summed E-state index contributed by atoms with van der Waals surface area (Å²) in [4.78, 5) is 25.1. The standard InChI is InChI=1S/C21H20O3/c22-17-10-6-9-16(13-17)21(14-15-7-2-1-3-8-15)18-11-4-5-12-19(18)24-20(21)23/h1-5,7-8,11-12,16H,6,9-10,13-14H2/t16-,21+/m0/s1. The Labute approximate surface area is 141 Å². The summed E-state index contributed by atoms with van der Waals surface area (Å²) in [6.07, 6.45) is 3.43. The van der Waals surface area contributed by atoms with E-state index in [0.717, 1.165) is 24.0 Å². The molecule has 1 aliphatic carbocycles. The molecule has 2 aromatic rings. The molecule has 2 atom stereocenters. The zero-order valence-electron chi connectivity index (χ0n) is 13.5. The number of ether oxygens (including phenoxy) is 1. The summed E-state index contributed by atoms with van der Waals surface area (Å²) in [5.74, 6) is 0.717. The highest BCUT2D eigenvalue weighted by molar-refractivity contribution is 5.92. The van der Waals surface area contributed by atoms with Crippen LogP contribution in [-0.4, -0.2) is 11.8 Å². The van der Waals surface area contributed by atoms with Crippen LogP contribution in [0.1, 0.15) is 36.8 Å². The van der Waals surface area contributed by atoms with E-state index in [1.54, 1.807) is 0 Å². The van der Waals surface area contributed by atoms with E-state index in [4.69, 9.17) is 4.74 Å². The Morgan fingerprint density at radius 2 is 1.75 bits per heavy atom. The van der Waals surface area contributed by atoms with Gasteiger partial charge in [0.05, 0.1) is 0 Å². The van der Waals surface area contributed by atoms with Crippen LogP contribution in [-0.2, 0) is 21.4 Å². The minimum atomic E-state index is -0.742. The van der Waals surface area contributed by atoms with E-state index in [-0.39, 0.29) is 17.7 Å². The number of Topliss-reactive ketones (excluding diaryl/α,β-unsaturated/α-hetero) is 1. The van der Waals surface area contributed by atoms with Gasteiger partial charge in [0, 0.05) is 18.4 Å². The van der Waals surface area contributed by atoms with Crippen molar-refractivity contribution in [2.75, 3.05) is 0 Å². The number of carbonyl (C=O) groups is 2. The van der Waals surface area contributed by atoms with Gasteiger partial charge in [0.1, 0.15) is 16.9 Å². The van der Waals surface area contributed by atoms with Crippen molar-refractivity contribution in [1.29, 1.82) is 0 Å². The van der Waals surface area contributed by atoms with Crippen LogP contribution in [0.3, 0.4) is 0 Å². The number of rotatable bonds is 3. The molecule has 1 heterocycles. The van der Waals surface area contributed by atoms with Crippen molar-refractivity contribution < 1.29 is 14.3 Å². The molecule has 4 rings (SSSR count). The molecule has 0 N–H and O–H groups in total. The number of para-hydroxylation sites is 1. The molecule has 0 spiro atoms. The molecule has 122 valence electrons. The molecule has 24 heavy (non-hydrogen) atoms. The van der Waals surface area contributed by atoms with E-state index in [1.807, 2.05) is 54.6 Å². The highest BCUT2D eigenvalue weighted by atomic mass is 16.5. The Balaban J connectivity index is 1.83. The zero-order valence-corrected chi connectivity index (χ0v) is 13.5. The molecule has 0 aromatic heterocycles. The van der Waals surface area contributed by atoms with Crippen molar-refractivity contribution in [2.24, 2.45) is 5.92 Å². The number of esters is 1. The van der Waals surface area contributed by atoms with Gasteiger partial charge in [0.2, 0.25) is 0 Å². The maximum atomic E-state index is 13.0. The van der Waals surface area contributed by atoms with Gasteiger partial charge in [-0.15, -0.1) is 0 Å². The third kappa shape index (κ3) is 2.35. The zero-order chi connectivity index (χ0) is 16.6. The lowest BCUT2D eigenvalue weighted by atomic mass is 9.63. The fourth-order valence-electron chi connectivity index (χ4n) is 4.29. The molecule has 0 bridgehead atoms. The molecular formula is C21H20O3. The topological polar surface area (TPSA) is 43.4 Å². The normalized spacial score (nSPS) is 26.1. The van der Waals surface area contributed by atoms with Crippen LogP contribution >= 0.6 is 0 Å². The van der Waals surface area contributed by atoms with Crippen LogP contribution in [0.2, 0.25) is 0 Å². The van der Waals surface area contributed by atoms with Gasteiger partial charge in [-0.05, 0) is 36.8 Å². The molecule has 0 radical (unpaired) electrons. The van der Waals surface area contributed by atoms with E-state index in [0.29, 0.717) is 25.0 Å². The van der Waals surface area contributed by atoms with E-state index < -0.39 is 5.41 Å². The number of ketones is 1. The summed E-state index contributed by atoms with van der Waals surface area (Å²) in [5.41, 5.74) is 1.30. The second-order valence-electron chi connectivity index (χ2n) is 6.85. The minimum absolute atomic E-state index is 0.00936. The Bertz CT molecular complexity index is 781. The van der Waals surface area contributed by atoms with Crippen molar-refractivity contribution >= 4 is 11.8 Å². The Kier molecular flexibility index (Phi) is 3.72. The quantitative estimate of drug-likeness (QED) is 0.637. The smallest absolute Gasteiger partial charge is 0.322 e. The Hall–Kier alpha value is -2.42. The van der Waals surface area contributed by atoms with Crippen molar-refractivity contribution in [3.63, 3.8) is 0 Å². The second kappa shape index (κ2) is 5.90. The first-order chi connectivity index (χ1) is 11.7. The summed E-state index contributed by atoms with van der Waals surface area (Å²) in [6, 6.07) is 17.7. The lowest BCUT2D eigenvalue weighted by Gasteiger charge is -2.36. The average Bonchev–Trinajstić information content (AvgIpc) is 2.89. The predicted molar refractivity (Wildman–Crippen MR) is 90.9 cm³/mol. The second-order valence-corrected chi connectivity index (χ2v) is 6.85. The van der Waals surface area contributed by atoms with Gasteiger partial charge < -0.3 is 4.74 Å². The van der Waals surface area contributed by atoms with E-state index in [9.17, 15) is 9.59 Å². The van der Waals surface area contributed by atoms with Gasteiger partial charge >= 0.3 is 5.97 Å². The molecular weight excluding hydrogens is 300 g/mol. The molecule has 2 aliphatic rings.